The summed E-state index contributed by atoms with van der Waals surface area (Å²) in [5.41, 5.74) is 6.17. The molecule has 0 amide bonds. The average Bonchev–Trinajstić information content (AvgIpc) is 3.17. The van der Waals surface area contributed by atoms with Gasteiger partial charge in [-0.1, -0.05) is 0 Å². The maximum Gasteiger partial charge on any atom is 0.0402 e. The number of allylic oxidation sites excluding steroid dienone is 2. The van der Waals surface area contributed by atoms with E-state index in [-0.39, 0.29) is 13.2 Å². The van der Waals surface area contributed by atoms with Gasteiger partial charge in [-0.15, -0.1) is 0 Å². The van der Waals surface area contributed by atoms with Gasteiger partial charge in [0.15, 0.2) is 0 Å². The van der Waals surface area contributed by atoms with Crippen molar-refractivity contribution in [3.05, 3.63) is 82.9 Å². The minimum Gasteiger partial charge on any atom is -0.397 e. The predicted molar refractivity (Wildman–Crippen MR) is 112 cm³/mol. The van der Waals surface area contributed by atoms with Gasteiger partial charge in [0.1, 0.15) is 0 Å². The Morgan fingerprint density at radius 3 is 1.48 bits per heavy atom. The van der Waals surface area contributed by atoms with Crippen LogP contribution in [0.15, 0.2) is 60.7 Å². The summed E-state index contributed by atoms with van der Waals surface area (Å²) < 4.78 is 4.63. The van der Waals surface area contributed by atoms with Crippen LogP contribution < -0.4 is 0 Å². The van der Waals surface area contributed by atoms with Gasteiger partial charge in [-0.05, 0) is 13.8 Å². The van der Waals surface area contributed by atoms with Crippen LogP contribution in [0.2, 0.25) is 9.45 Å². The summed E-state index contributed by atoms with van der Waals surface area (Å²) in [7, 11) is 0. The van der Waals surface area contributed by atoms with Gasteiger partial charge in [-0.25, -0.2) is 0 Å². The van der Waals surface area contributed by atoms with Crippen molar-refractivity contribution in [3.63, 3.8) is 0 Å². The summed E-state index contributed by atoms with van der Waals surface area (Å²) in [4.78, 5) is 0. The Morgan fingerprint density at radius 1 is 0.741 bits per heavy atom. The molecule has 3 aliphatic rings. The van der Waals surface area contributed by atoms with Crippen molar-refractivity contribution >= 4 is 12.2 Å². The van der Waals surface area contributed by atoms with Gasteiger partial charge in [-0.3, -0.25) is 0 Å². The number of hydrogen-bond donors (Lipinski definition) is 2. The molecule has 2 N–H and O–H groups in total. The topological polar surface area (TPSA) is 40.5 Å². The third kappa shape index (κ3) is 4.05. The summed E-state index contributed by atoms with van der Waals surface area (Å²) in [5, 5.41) is 15.1. The molecule has 1 heterocycles. The van der Waals surface area contributed by atoms with Crippen LogP contribution in [-0.4, -0.2) is 23.4 Å². The normalized spacial score (nSPS) is 22.1. The molecule has 0 aromatic heterocycles. The molecule has 2 unspecified atom stereocenters. The van der Waals surface area contributed by atoms with E-state index in [2.05, 4.69) is 72.8 Å². The van der Waals surface area contributed by atoms with Crippen LogP contribution in [0.3, 0.4) is 0 Å². The first kappa shape index (κ1) is 20.3. The Bertz CT molecular complexity index is 755. The molecule has 0 saturated carbocycles. The van der Waals surface area contributed by atoms with Gasteiger partial charge in [0.25, 0.3) is 0 Å². The Balaban J connectivity index is 0.000000314. The Labute approximate surface area is 166 Å². The monoisotopic (exact) mass is 398 g/mol. The molecular formula is C24H30O2Ti. The van der Waals surface area contributed by atoms with Crippen LogP contribution in [-0.2, 0) is 16.6 Å². The van der Waals surface area contributed by atoms with E-state index in [1.54, 1.807) is 25.0 Å². The number of hydrogen-bond acceptors (Lipinski definition) is 2. The molecule has 2 aliphatic carbocycles. The van der Waals surface area contributed by atoms with Crippen LogP contribution in [0.25, 0.3) is 12.2 Å². The Hall–Kier alpha value is -1.45. The van der Waals surface area contributed by atoms with Crippen molar-refractivity contribution < 1.29 is 26.8 Å². The fourth-order valence-corrected chi connectivity index (χ4v) is 13.6. The van der Waals surface area contributed by atoms with Gasteiger partial charge in [0, 0.05) is 13.2 Å². The molecule has 2 aromatic carbocycles. The molecule has 2 nitrogen and oxygen atoms in total. The zero-order chi connectivity index (χ0) is 19.3. The first-order valence-corrected chi connectivity index (χ1v) is 14.0. The van der Waals surface area contributed by atoms with Gasteiger partial charge in [0.05, 0.1) is 0 Å². The van der Waals surface area contributed by atoms with E-state index in [0.29, 0.717) is 0 Å². The van der Waals surface area contributed by atoms with Crippen LogP contribution in [0, 0.1) is 0 Å². The minimum absolute atomic E-state index is 0.250. The molecule has 142 valence electrons. The number of fused-ring (bicyclic) bond motifs is 2. The summed E-state index contributed by atoms with van der Waals surface area (Å²) in [6.07, 6.45) is 9.81. The summed E-state index contributed by atoms with van der Waals surface area (Å²) in [6, 6.07) is 18.1. The number of aliphatic hydroxyl groups is 2. The second kappa shape index (κ2) is 9.16. The van der Waals surface area contributed by atoms with Gasteiger partial charge in [-0.2, -0.15) is 0 Å². The predicted octanol–water partition coefficient (Wildman–Crippen LogP) is 5.52. The van der Waals surface area contributed by atoms with Crippen molar-refractivity contribution in [1.29, 1.82) is 0 Å². The molecule has 1 aliphatic heterocycles. The molecule has 27 heavy (non-hydrogen) atoms. The molecule has 0 radical (unpaired) electrons. The molecule has 0 bridgehead atoms. The van der Waals surface area contributed by atoms with E-state index < -0.39 is 16.6 Å². The zero-order valence-electron chi connectivity index (χ0n) is 16.3. The molecule has 0 spiro atoms. The third-order valence-corrected chi connectivity index (χ3v) is 13.7. The first-order chi connectivity index (χ1) is 13.2. The van der Waals surface area contributed by atoms with Gasteiger partial charge in [0.2, 0.25) is 0 Å². The van der Waals surface area contributed by atoms with Crippen molar-refractivity contribution in [1.82, 2.24) is 0 Å². The van der Waals surface area contributed by atoms with E-state index in [9.17, 15) is 0 Å². The average molecular weight is 398 g/mol. The van der Waals surface area contributed by atoms with Gasteiger partial charge < -0.3 is 10.2 Å². The van der Waals surface area contributed by atoms with Gasteiger partial charge >= 0.3 is 130 Å². The number of rotatable bonds is 2. The van der Waals surface area contributed by atoms with Crippen LogP contribution >= 0.6 is 0 Å². The SMILES string of the molecule is C1=C[CH]([Ti]2([CH]3C=Cc4ccccc43)[CH2][CH2]2)c2ccccc21.CCO.CCO. The molecule has 1 fully saturated rings. The molecule has 2 aromatic rings. The fourth-order valence-electron chi connectivity index (χ4n) is 4.46. The van der Waals surface area contributed by atoms with E-state index in [1.807, 2.05) is 0 Å². The Morgan fingerprint density at radius 2 is 1.11 bits per heavy atom. The van der Waals surface area contributed by atoms with Crippen molar-refractivity contribution in [3.8, 4) is 0 Å². The third-order valence-electron chi connectivity index (χ3n) is 5.66. The molecular weight excluding hydrogens is 368 g/mol. The second-order valence-corrected chi connectivity index (χ2v) is 14.7. The van der Waals surface area contributed by atoms with E-state index in [1.165, 1.54) is 20.6 Å². The standard InChI is InChI=1S/2C9H7.2C2H6O.C2H4.Ti/c2*1-2-5-9-7-3-6-8(9)4-1;2*1-2-3;1-2;/h2*1-7H;2*3H,2H2,1H3;1-2H2;. The smallest absolute Gasteiger partial charge is 0.0402 e. The van der Waals surface area contributed by atoms with E-state index in [4.69, 9.17) is 10.2 Å². The van der Waals surface area contributed by atoms with Crippen molar-refractivity contribution in [2.75, 3.05) is 13.2 Å². The maximum atomic E-state index is 7.57. The van der Waals surface area contributed by atoms with Crippen LogP contribution in [0.4, 0.5) is 0 Å². The van der Waals surface area contributed by atoms with E-state index in [0.717, 1.165) is 8.45 Å². The van der Waals surface area contributed by atoms with Crippen LogP contribution in [0.1, 0.15) is 44.5 Å². The fraction of sp³-hybridized carbons (Fsp3) is 0.333. The summed E-state index contributed by atoms with van der Waals surface area (Å²) in [6.45, 7) is 3.86. The molecule has 5 rings (SSSR count). The van der Waals surface area contributed by atoms with Crippen molar-refractivity contribution in [2.45, 2.75) is 31.7 Å². The number of aliphatic hydroxyl groups excluding tert-OH is 2. The number of benzene rings is 2. The summed E-state index contributed by atoms with van der Waals surface area (Å²) in [5.74, 6) is 0. The second-order valence-electron chi connectivity index (χ2n) is 7.30. The molecule has 1 saturated heterocycles. The largest absolute Gasteiger partial charge is 0.397 e. The molecule has 3 heteroatoms. The minimum atomic E-state index is -1.85. The van der Waals surface area contributed by atoms with Crippen LogP contribution in [0.5, 0.6) is 0 Å². The summed E-state index contributed by atoms with van der Waals surface area (Å²) >= 11 is -1.85. The van der Waals surface area contributed by atoms with E-state index >= 15 is 0 Å². The van der Waals surface area contributed by atoms with Crippen molar-refractivity contribution in [2.24, 2.45) is 0 Å². The molecule has 2 atom stereocenters. The Kier molecular flexibility index (Phi) is 6.89. The maximum absolute atomic E-state index is 7.57. The first-order valence-electron chi connectivity index (χ1n) is 9.97. The zero-order valence-corrected chi connectivity index (χ0v) is 17.9. The quantitative estimate of drug-likeness (QED) is 0.654.